The number of hydrogen-bond acceptors (Lipinski definition) is 6. The first-order chi connectivity index (χ1) is 11.1. The van der Waals surface area contributed by atoms with E-state index in [4.69, 9.17) is 10.3 Å². The van der Waals surface area contributed by atoms with E-state index >= 15 is 0 Å². The summed E-state index contributed by atoms with van der Waals surface area (Å²) in [6.45, 7) is 3.98. The molecule has 23 heavy (non-hydrogen) atoms. The lowest BCUT2D eigenvalue weighted by molar-refractivity contribution is 0.229. The van der Waals surface area contributed by atoms with Crippen LogP contribution < -0.4 is 5.73 Å². The Balaban J connectivity index is 1.69. The lowest BCUT2D eigenvalue weighted by atomic mass is 9.77. The van der Waals surface area contributed by atoms with E-state index in [1.54, 1.807) is 4.68 Å². The molecule has 7 nitrogen and oxygen atoms in total. The fraction of sp³-hybridized carbons (Fsp3) is 0.375. The van der Waals surface area contributed by atoms with Crippen molar-refractivity contribution in [2.75, 3.05) is 0 Å². The molecule has 1 aliphatic carbocycles. The Bertz CT molecular complexity index is 844. The van der Waals surface area contributed by atoms with Crippen LogP contribution in [0.5, 0.6) is 0 Å². The standard InChI is InChI=1S/C16H18N6O/c1-10-4-6-12(7-5-10)22-11(2)13(19-21-22)14-18-15(20-23-14)16(17)8-3-9-16/h4-7H,3,8-9,17H2,1-2H3. The monoisotopic (exact) mass is 310 g/mol. The smallest absolute Gasteiger partial charge is 0.280 e. The van der Waals surface area contributed by atoms with Gasteiger partial charge in [-0.15, -0.1) is 5.10 Å². The minimum Gasteiger partial charge on any atom is -0.332 e. The van der Waals surface area contributed by atoms with Crippen molar-refractivity contribution < 1.29 is 4.52 Å². The van der Waals surface area contributed by atoms with Gasteiger partial charge in [0.05, 0.1) is 16.9 Å². The summed E-state index contributed by atoms with van der Waals surface area (Å²) in [6.07, 6.45) is 2.88. The predicted octanol–water partition coefficient (Wildman–Crippen LogP) is 2.27. The maximum absolute atomic E-state index is 6.24. The normalized spacial score (nSPS) is 16.3. The number of rotatable bonds is 3. The van der Waals surface area contributed by atoms with Gasteiger partial charge in [-0.2, -0.15) is 4.98 Å². The molecule has 3 aromatic rings. The zero-order chi connectivity index (χ0) is 16.0. The van der Waals surface area contributed by atoms with Gasteiger partial charge < -0.3 is 10.3 Å². The molecule has 1 saturated carbocycles. The zero-order valence-electron chi connectivity index (χ0n) is 13.2. The van der Waals surface area contributed by atoms with Crippen LogP contribution in [0.3, 0.4) is 0 Å². The molecular formula is C16H18N6O. The molecule has 1 aliphatic rings. The zero-order valence-corrected chi connectivity index (χ0v) is 13.2. The molecule has 0 aliphatic heterocycles. The Morgan fingerprint density at radius 2 is 1.91 bits per heavy atom. The van der Waals surface area contributed by atoms with E-state index in [0.29, 0.717) is 17.4 Å². The molecule has 0 amide bonds. The predicted molar refractivity (Wildman–Crippen MR) is 83.8 cm³/mol. The van der Waals surface area contributed by atoms with Gasteiger partial charge in [0, 0.05) is 0 Å². The average molecular weight is 310 g/mol. The molecule has 0 radical (unpaired) electrons. The Kier molecular flexibility index (Phi) is 3.05. The molecular weight excluding hydrogens is 292 g/mol. The Hall–Kier alpha value is -2.54. The SMILES string of the molecule is Cc1ccc(-n2nnc(-c3nc(C4(N)CCC4)no3)c2C)cc1. The van der Waals surface area contributed by atoms with Crippen LogP contribution in [0.4, 0.5) is 0 Å². The maximum atomic E-state index is 6.24. The highest BCUT2D eigenvalue weighted by Gasteiger charge is 2.39. The number of aryl methyl sites for hydroxylation is 1. The molecule has 0 spiro atoms. The van der Waals surface area contributed by atoms with Crippen molar-refractivity contribution in [3.05, 3.63) is 41.3 Å². The highest BCUT2D eigenvalue weighted by atomic mass is 16.5. The summed E-state index contributed by atoms with van der Waals surface area (Å²) in [5.41, 5.74) is 9.38. The fourth-order valence-electron chi connectivity index (χ4n) is 2.76. The van der Waals surface area contributed by atoms with Gasteiger partial charge in [-0.05, 0) is 45.2 Å². The summed E-state index contributed by atoms with van der Waals surface area (Å²) in [4.78, 5) is 4.44. The van der Waals surface area contributed by atoms with Gasteiger partial charge in [0.15, 0.2) is 11.5 Å². The van der Waals surface area contributed by atoms with E-state index in [1.165, 1.54) is 5.56 Å². The van der Waals surface area contributed by atoms with E-state index in [9.17, 15) is 0 Å². The lowest BCUT2D eigenvalue weighted by Crippen LogP contribution is -2.44. The maximum Gasteiger partial charge on any atom is 0.280 e. The van der Waals surface area contributed by atoms with Gasteiger partial charge in [0.25, 0.3) is 5.89 Å². The summed E-state index contributed by atoms with van der Waals surface area (Å²) in [5.74, 6) is 0.927. The van der Waals surface area contributed by atoms with Gasteiger partial charge in [-0.3, -0.25) is 0 Å². The van der Waals surface area contributed by atoms with E-state index in [2.05, 4.69) is 20.5 Å². The Morgan fingerprint density at radius 3 is 2.57 bits per heavy atom. The van der Waals surface area contributed by atoms with Crippen molar-refractivity contribution >= 4 is 0 Å². The van der Waals surface area contributed by atoms with Crippen LogP contribution in [0, 0.1) is 13.8 Å². The van der Waals surface area contributed by atoms with E-state index in [0.717, 1.165) is 30.6 Å². The molecule has 0 bridgehead atoms. The van der Waals surface area contributed by atoms with Crippen molar-refractivity contribution in [3.63, 3.8) is 0 Å². The van der Waals surface area contributed by atoms with E-state index in [-0.39, 0.29) is 0 Å². The quantitative estimate of drug-likeness (QED) is 0.797. The third kappa shape index (κ3) is 2.24. The molecule has 1 aromatic carbocycles. The topological polar surface area (TPSA) is 95.7 Å². The number of hydrogen-bond donors (Lipinski definition) is 1. The lowest BCUT2D eigenvalue weighted by Gasteiger charge is -2.34. The fourth-order valence-corrected chi connectivity index (χ4v) is 2.76. The number of nitrogens with two attached hydrogens (primary N) is 1. The summed E-state index contributed by atoms with van der Waals surface area (Å²) in [6, 6.07) is 8.08. The highest BCUT2D eigenvalue weighted by Crippen LogP contribution is 2.37. The largest absolute Gasteiger partial charge is 0.332 e. The minimum atomic E-state index is -0.442. The summed E-state index contributed by atoms with van der Waals surface area (Å²) < 4.78 is 7.13. The third-order valence-corrected chi connectivity index (χ3v) is 4.49. The van der Waals surface area contributed by atoms with Crippen LogP contribution in [-0.2, 0) is 5.54 Å². The van der Waals surface area contributed by atoms with Gasteiger partial charge >= 0.3 is 0 Å². The minimum absolute atomic E-state index is 0.368. The van der Waals surface area contributed by atoms with Crippen molar-refractivity contribution in [2.45, 2.75) is 38.6 Å². The first kappa shape index (κ1) is 14.1. The summed E-state index contributed by atoms with van der Waals surface area (Å²) >= 11 is 0. The first-order valence-electron chi connectivity index (χ1n) is 7.70. The molecule has 118 valence electrons. The Labute approximate surface area is 133 Å². The average Bonchev–Trinajstić information content (AvgIpc) is 3.13. The molecule has 4 rings (SSSR count). The van der Waals surface area contributed by atoms with Crippen LogP contribution in [0.25, 0.3) is 17.3 Å². The number of benzene rings is 1. The van der Waals surface area contributed by atoms with Gasteiger partial charge in [-0.1, -0.05) is 28.1 Å². The highest BCUT2D eigenvalue weighted by molar-refractivity contribution is 5.51. The first-order valence-corrected chi connectivity index (χ1v) is 7.70. The van der Waals surface area contributed by atoms with Crippen molar-refractivity contribution in [2.24, 2.45) is 5.73 Å². The molecule has 7 heteroatoms. The second kappa shape index (κ2) is 4.99. The summed E-state index contributed by atoms with van der Waals surface area (Å²) in [7, 11) is 0. The van der Waals surface area contributed by atoms with Crippen LogP contribution in [0.15, 0.2) is 28.8 Å². The molecule has 0 atom stereocenters. The van der Waals surface area contributed by atoms with Crippen LogP contribution in [0.1, 0.15) is 36.3 Å². The van der Waals surface area contributed by atoms with E-state index < -0.39 is 5.54 Å². The molecule has 2 heterocycles. The molecule has 1 fully saturated rings. The Morgan fingerprint density at radius 1 is 1.17 bits per heavy atom. The van der Waals surface area contributed by atoms with Crippen LogP contribution >= 0.6 is 0 Å². The molecule has 0 unspecified atom stereocenters. The van der Waals surface area contributed by atoms with Crippen molar-refractivity contribution in [1.29, 1.82) is 0 Å². The van der Waals surface area contributed by atoms with Gasteiger partial charge in [0.1, 0.15) is 0 Å². The number of aromatic nitrogens is 5. The molecule has 0 saturated heterocycles. The van der Waals surface area contributed by atoms with Crippen LogP contribution in [-0.4, -0.2) is 25.1 Å². The summed E-state index contributed by atoms with van der Waals surface area (Å²) in [5, 5.41) is 12.4. The molecule has 2 aromatic heterocycles. The van der Waals surface area contributed by atoms with Gasteiger partial charge in [-0.25, -0.2) is 4.68 Å². The second-order valence-corrected chi connectivity index (χ2v) is 6.20. The second-order valence-electron chi connectivity index (χ2n) is 6.20. The van der Waals surface area contributed by atoms with Crippen LogP contribution in [0.2, 0.25) is 0 Å². The van der Waals surface area contributed by atoms with Crippen molar-refractivity contribution in [3.8, 4) is 17.3 Å². The third-order valence-electron chi connectivity index (χ3n) is 4.49. The number of nitrogens with zero attached hydrogens (tertiary/aromatic N) is 5. The molecule has 2 N–H and O–H groups in total. The van der Waals surface area contributed by atoms with Crippen molar-refractivity contribution in [1.82, 2.24) is 25.1 Å². The van der Waals surface area contributed by atoms with E-state index in [1.807, 2.05) is 38.1 Å². The van der Waals surface area contributed by atoms with Gasteiger partial charge in [0.2, 0.25) is 0 Å².